The van der Waals surface area contributed by atoms with Crippen LogP contribution in [0.2, 0.25) is 0 Å². The number of hydrogen-bond acceptors (Lipinski definition) is 3. The molecule has 2 N–H and O–H groups in total. The van der Waals surface area contributed by atoms with Crippen LogP contribution in [0.3, 0.4) is 0 Å². The lowest BCUT2D eigenvalue weighted by molar-refractivity contribution is 0.306. The van der Waals surface area contributed by atoms with E-state index < -0.39 is 0 Å². The molecule has 0 unspecified atom stereocenters. The predicted octanol–water partition coefficient (Wildman–Crippen LogP) is 4.70. The number of unbranched alkanes of at least 4 members (excludes halogenated alkanes) is 1. The van der Waals surface area contributed by atoms with E-state index >= 15 is 0 Å². The Morgan fingerprint density at radius 1 is 0.926 bits per heavy atom. The molecular weight excluding hydrogens is 332 g/mol. The number of nitrogens with one attached hydrogen (secondary N) is 2. The molecule has 2 aromatic carbocycles. The van der Waals surface area contributed by atoms with Crippen molar-refractivity contribution >= 4 is 0 Å². The van der Waals surface area contributed by atoms with Gasteiger partial charge in [0.15, 0.2) is 0 Å². The summed E-state index contributed by atoms with van der Waals surface area (Å²) in [7, 11) is 0. The molecule has 2 aromatic rings. The summed E-state index contributed by atoms with van der Waals surface area (Å²) in [6, 6.07) is 17.3. The van der Waals surface area contributed by atoms with Crippen LogP contribution in [0.4, 0.5) is 0 Å². The summed E-state index contributed by atoms with van der Waals surface area (Å²) in [5.41, 5.74) is 3.96. The summed E-state index contributed by atoms with van der Waals surface area (Å²) in [6.07, 6.45) is 6.26. The van der Waals surface area contributed by atoms with Crippen molar-refractivity contribution in [2.45, 2.75) is 52.2 Å². The van der Waals surface area contributed by atoms with E-state index in [-0.39, 0.29) is 0 Å². The maximum atomic E-state index is 5.94. The molecule has 3 rings (SSSR count). The minimum atomic E-state index is 0.626. The molecule has 0 radical (unpaired) electrons. The number of ether oxygens (including phenoxy) is 1. The first kappa shape index (κ1) is 19.9. The average Bonchev–Trinajstić information content (AvgIpc) is 2.73. The second kappa shape index (κ2) is 11.1. The van der Waals surface area contributed by atoms with Gasteiger partial charge in [0.1, 0.15) is 12.4 Å². The van der Waals surface area contributed by atoms with Gasteiger partial charge in [-0.25, -0.2) is 0 Å². The Balaban J connectivity index is 1.38. The van der Waals surface area contributed by atoms with Crippen LogP contribution in [-0.4, -0.2) is 19.6 Å². The Labute approximate surface area is 164 Å². The van der Waals surface area contributed by atoms with Crippen LogP contribution < -0.4 is 15.4 Å². The average molecular weight is 367 g/mol. The highest BCUT2D eigenvalue weighted by molar-refractivity contribution is 5.28. The second-order valence-corrected chi connectivity index (χ2v) is 7.68. The van der Waals surface area contributed by atoms with Gasteiger partial charge in [-0.15, -0.1) is 0 Å². The van der Waals surface area contributed by atoms with Gasteiger partial charge in [0.2, 0.25) is 0 Å². The third-order valence-electron chi connectivity index (χ3n) is 5.39. The molecule has 1 aliphatic heterocycles. The molecule has 1 saturated heterocycles. The second-order valence-electron chi connectivity index (χ2n) is 7.68. The molecule has 3 nitrogen and oxygen atoms in total. The lowest BCUT2D eigenvalue weighted by atomic mass is 9.98. The van der Waals surface area contributed by atoms with Crippen LogP contribution in [0.15, 0.2) is 48.5 Å². The number of rotatable bonds is 10. The van der Waals surface area contributed by atoms with Crippen molar-refractivity contribution in [2.24, 2.45) is 5.92 Å². The van der Waals surface area contributed by atoms with Crippen molar-refractivity contribution in [3.63, 3.8) is 0 Å². The van der Waals surface area contributed by atoms with Gasteiger partial charge in [-0.1, -0.05) is 49.7 Å². The molecule has 0 aliphatic carbocycles. The number of aryl methyl sites for hydroxylation is 1. The molecule has 1 heterocycles. The number of hydrogen-bond donors (Lipinski definition) is 2. The van der Waals surface area contributed by atoms with Crippen molar-refractivity contribution in [1.29, 1.82) is 0 Å². The summed E-state index contributed by atoms with van der Waals surface area (Å²) in [5.74, 6) is 1.76. The highest BCUT2D eigenvalue weighted by Gasteiger charge is 2.11. The first-order valence-corrected chi connectivity index (χ1v) is 10.5. The highest BCUT2D eigenvalue weighted by Crippen LogP contribution is 2.16. The molecule has 1 fully saturated rings. The van der Waals surface area contributed by atoms with Gasteiger partial charge in [0.05, 0.1) is 0 Å². The first-order chi connectivity index (χ1) is 13.3. The fourth-order valence-corrected chi connectivity index (χ4v) is 3.56. The summed E-state index contributed by atoms with van der Waals surface area (Å²) >= 11 is 0. The maximum absolute atomic E-state index is 5.94. The van der Waals surface area contributed by atoms with Gasteiger partial charge >= 0.3 is 0 Å². The van der Waals surface area contributed by atoms with Crippen LogP contribution in [0, 0.1) is 5.92 Å². The van der Waals surface area contributed by atoms with E-state index in [1.165, 1.54) is 61.9 Å². The van der Waals surface area contributed by atoms with Crippen LogP contribution in [0.5, 0.6) is 5.75 Å². The lowest BCUT2D eigenvalue weighted by Crippen LogP contribution is -2.33. The zero-order valence-corrected chi connectivity index (χ0v) is 16.7. The van der Waals surface area contributed by atoms with Crippen molar-refractivity contribution in [2.75, 3.05) is 19.6 Å². The third kappa shape index (κ3) is 7.00. The topological polar surface area (TPSA) is 33.3 Å². The van der Waals surface area contributed by atoms with Gasteiger partial charge in [0.25, 0.3) is 0 Å². The van der Waals surface area contributed by atoms with Crippen molar-refractivity contribution < 1.29 is 4.74 Å². The molecule has 0 saturated carbocycles. The Morgan fingerprint density at radius 3 is 2.30 bits per heavy atom. The molecule has 1 aliphatic rings. The Morgan fingerprint density at radius 2 is 1.59 bits per heavy atom. The number of benzene rings is 2. The molecular formula is C24H34N2O. The van der Waals surface area contributed by atoms with E-state index in [1.54, 1.807) is 0 Å². The largest absolute Gasteiger partial charge is 0.489 e. The van der Waals surface area contributed by atoms with Crippen LogP contribution in [0.1, 0.15) is 49.3 Å². The molecule has 3 heteroatoms. The molecule has 0 bridgehead atoms. The minimum absolute atomic E-state index is 0.626. The summed E-state index contributed by atoms with van der Waals surface area (Å²) in [5, 5.41) is 7.02. The van der Waals surface area contributed by atoms with E-state index in [1.807, 2.05) is 0 Å². The zero-order valence-electron chi connectivity index (χ0n) is 16.7. The van der Waals surface area contributed by atoms with E-state index in [0.29, 0.717) is 6.61 Å². The fraction of sp³-hybridized carbons (Fsp3) is 0.500. The third-order valence-corrected chi connectivity index (χ3v) is 5.39. The molecule has 0 aromatic heterocycles. The number of piperidine rings is 1. The summed E-state index contributed by atoms with van der Waals surface area (Å²) < 4.78 is 5.94. The lowest BCUT2D eigenvalue weighted by Gasteiger charge is -2.22. The van der Waals surface area contributed by atoms with Crippen molar-refractivity contribution in [3.05, 3.63) is 65.2 Å². The quantitative estimate of drug-likeness (QED) is 0.639. The van der Waals surface area contributed by atoms with Crippen LogP contribution >= 0.6 is 0 Å². The van der Waals surface area contributed by atoms with Gasteiger partial charge in [-0.2, -0.15) is 0 Å². The molecule has 146 valence electrons. The van der Waals surface area contributed by atoms with Crippen molar-refractivity contribution in [3.8, 4) is 5.75 Å². The minimum Gasteiger partial charge on any atom is -0.489 e. The highest BCUT2D eigenvalue weighted by atomic mass is 16.5. The van der Waals surface area contributed by atoms with E-state index in [4.69, 9.17) is 4.74 Å². The standard InChI is InChI=1S/C24H34N2O/c1-2-3-4-20-5-7-23(8-6-20)19-27-24-11-9-21(10-12-24)17-26-18-22-13-15-25-16-14-22/h5-12,22,25-26H,2-4,13-19H2,1H3. The molecule has 27 heavy (non-hydrogen) atoms. The zero-order chi connectivity index (χ0) is 18.7. The normalized spacial score (nSPS) is 15.0. The Hall–Kier alpha value is -1.84. The summed E-state index contributed by atoms with van der Waals surface area (Å²) in [4.78, 5) is 0. The van der Waals surface area contributed by atoms with Gasteiger partial charge in [-0.3, -0.25) is 0 Å². The SMILES string of the molecule is CCCCc1ccc(COc2ccc(CNCC3CCNCC3)cc2)cc1. The molecule has 0 amide bonds. The van der Waals surface area contributed by atoms with Crippen LogP contribution in [-0.2, 0) is 19.6 Å². The molecule has 0 spiro atoms. The predicted molar refractivity (Wildman–Crippen MR) is 113 cm³/mol. The van der Waals surface area contributed by atoms with Crippen molar-refractivity contribution in [1.82, 2.24) is 10.6 Å². The van der Waals surface area contributed by atoms with E-state index in [9.17, 15) is 0 Å². The van der Waals surface area contributed by atoms with Crippen LogP contribution in [0.25, 0.3) is 0 Å². The fourth-order valence-electron chi connectivity index (χ4n) is 3.56. The van der Waals surface area contributed by atoms with E-state index in [0.717, 1.165) is 24.8 Å². The maximum Gasteiger partial charge on any atom is 0.119 e. The van der Waals surface area contributed by atoms with E-state index in [2.05, 4.69) is 66.1 Å². The van der Waals surface area contributed by atoms with Gasteiger partial charge in [0, 0.05) is 6.54 Å². The Bertz CT molecular complexity index is 645. The summed E-state index contributed by atoms with van der Waals surface area (Å²) in [6.45, 7) is 7.25. The molecule has 0 atom stereocenters. The van der Waals surface area contributed by atoms with Gasteiger partial charge < -0.3 is 15.4 Å². The van der Waals surface area contributed by atoms with Gasteiger partial charge in [-0.05, 0) is 80.1 Å². The monoisotopic (exact) mass is 366 g/mol. The Kier molecular flexibility index (Phi) is 8.19. The first-order valence-electron chi connectivity index (χ1n) is 10.5. The smallest absolute Gasteiger partial charge is 0.119 e.